The van der Waals surface area contributed by atoms with Crippen LogP contribution in [0.15, 0.2) is 35.2 Å². The van der Waals surface area contributed by atoms with Crippen molar-refractivity contribution in [2.75, 3.05) is 13.2 Å². The molecule has 1 N–H and O–H groups in total. The van der Waals surface area contributed by atoms with Crippen LogP contribution in [0.1, 0.15) is 12.0 Å². The van der Waals surface area contributed by atoms with Gasteiger partial charge in [-0.1, -0.05) is 6.07 Å². The van der Waals surface area contributed by atoms with Crippen LogP contribution in [0.25, 0.3) is 11.3 Å². The quantitative estimate of drug-likeness (QED) is 0.940. The molecule has 1 fully saturated rings. The van der Waals surface area contributed by atoms with Crippen LogP contribution >= 0.6 is 11.3 Å². The molecule has 0 radical (unpaired) electrons. The average molecular weight is 288 g/mol. The Labute approximate surface area is 121 Å². The third-order valence-electron chi connectivity index (χ3n) is 3.44. The summed E-state index contributed by atoms with van der Waals surface area (Å²) in [5.41, 5.74) is 3.08. The lowest BCUT2D eigenvalue weighted by molar-refractivity contribution is -0.125. The number of aromatic nitrogens is 1. The Morgan fingerprint density at radius 3 is 3.20 bits per heavy atom. The maximum atomic E-state index is 12.0. The lowest BCUT2D eigenvalue weighted by Crippen LogP contribution is -2.30. The maximum absolute atomic E-state index is 12.0. The molecule has 0 spiro atoms. The molecule has 2 aromatic rings. The first-order chi connectivity index (χ1) is 9.84. The number of ether oxygens (including phenoxy) is 1. The zero-order valence-corrected chi connectivity index (χ0v) is 11.9. The summed E-state index contributed by atoms with van der Waals surface area (Å²) >= 11 is 1.64. The van der Waals surface area contributed by atoms with E-state index in [1.807, 2.05) is 23.6 Å². The molecule has 2 aromatic heterocycles. The lowest BCUT2D eigenvalue weighted by atomic mass is 10.1. The summed E-state index contributed by atoms with van der Waals surface area (Å²) in [5.74, 6) is 0.0684. The molecule has 0 aliphatic carbocycles. The Bertz CT molecular complexity index is 577. The Morgan fingerprint density at radius 2 is 2.45 bits per heavy atom. The van der Waals surface area contributed by atoms with Gasteiger partial charge in [0.15, 0.2) is 0 Å². The molecule has 4 nitrogen and oxygen atoms in total. The van der Waals surface area contributed by atoms with E-state index in [0.717, 1.165) is 23.2 Å². The summed E-state index contributed by atoms with van der Waals surface area (Å²) < 4.78 is 5.24. The molecule has 0 unspecified atom stereocenters. The number of thiophene rings is 1. The number of amides is 1. The highest BCUT2D eigenvalue weighted by atomic mass is 32.1. The number of carbonyl (C=O) groups excluding carboxylic acids is 1. The van der Waals surface area contributed by atoms with Gasteiger partial charge in [-0.3, -0.25) is 9.78 Å². The summed E-state index contributed by atoms with van der Waals surface area (Å²) in [7, 11) is 0. The molecule has 3 heterocycles. The largest absolute Gasteiger partial charge is 0.381 e. The van der Waals surface area contributed by atoms with Gasteiger partial charge in [0.2, 0.25) is 5.91 Å². The Hall–Kier alpha value is -1.72. The number of hydrogen-bond acceptors (Lipinski definition) is 4. The van der Waals surface area contributed by atoms with E-state index in [0.29, 0.717) is 19.8 Å². The molecule has 3 rings (SSSR count). The first kappa shape index (κ1) is 13.3. The van der Waals surface area contributed by atoms with Gasteiger partial charge in [-0.25, -0.2) is 0 Å². The molecule has 20 heavy (non-hydrogen) atoms. The van der Waals surface area contributed by atoms with Crippen molar-refractivity contribution in [1.29, 1.82) is 0 Å². The number of hydrogen-bond donors (Lipinski definition) is 1. The van der Waals surface area contributed by atoms with Crippen LogP contribution in [0.2, 0.25) is 0 Å². The number of nitrogens with zero attached hydrogens (tertiary/aromatic N) is 1. The second-order valence-corrected chi connectivity index (χ2v) is 5.58. The third kappa shape index (κ3) is 2.89. The van der Waals surface area contributed by atoms with E-state index in [2.05, 4.69) is 15.7 Å². The van der Waals surface area contributed by atoms with Gasteiger partial charge in [-0.2, -0.15) is 11.3 Å². The number of pyridine rings is 1. The van der Waals surface area contributed by atoms with Gasteiger partial charge in [-0.05, 0) is 29.5 Å². The molecule has 1 amide bonds. The highest BCUT2D eigenvalue weighted by Gasteiger charge is 2.23. The predicted octanol–water partition coefficient (Wildman–Crippen LogP) is 2.46. The molecule has 0 saturated carbocycles. The van der Waals surface area contributed by atoms with E-state index >= 15 is 0 Å². The van der Waals surface area contributed by atoms with E-state index in [-0.39, 0.29) is 11.8 Å². The zero-order valence-electron chi connectivity index (χ0n) is 11.0. The number of nitrogens with one attached hydrogen (secondary N) is 1. The van der Waals surface area contributed by atoms with E-state index in [4.69, 9.17) is 4.74 Å². The van der Waals surface area contributed by atoms with Crippen LogP contribution in [-0.2, 0) is 16.1 Å². The second kappa shape index (κ2) is 6.15. The Morgan fingerprint density at radius 1 is 1.50 bits per heavy atom. The smallest absolute Gasteiger partial charge is 0.225 e. The molecular weight excluding hydrogens is 272 g/mol. The fourth-order valence-electron chi connectivity index (χ4n) is 2.31. The van der Waals surface area contributed by atoms with Crippen LogP contribution in [0.5, 0.6) is 0 Å². The van der Waals surface area contributed by atoms with Crippen molar-refractivity contribution in [3.63, 3.8) is 0 Å². The summed E-state index contributed by atoms with van der Waals surface area (Å²) in [4.78, 5) is 16.4. The second-order valence-electron chi connectivity index (χ2n) is 4.80. The molecular formula is C15H16N2O2S. The van der Waals surface area contributed by atoms with Crippen LogP contribution in [-0.4, -0.2) is 24.1 Å². The number of carbonyl (C=O) groups is 1. The average Bonchev–Trinajstić information content (AvgIpc) is 3.17. The van der Waals surface area contributed by atoms with Crippen LogP contribution < -0.4 is 5.32 Å². The summed E-state index contributed by atoms with van der Waals surface area (Å²) in [6.07, 6.45) is 2.60. The highest BCUT2D eigenvalue weighted by molar-refractivity contribution is 7.08. The predicted molar refractivity (Wildman–Crippen MR) is 78.3 cm³/mol. The maximum Gasteiger partial charge on any atom is 0.225 e. The third-order valence-corrected chi connectivity index (χ3v) is 4.12. The van der Waals surface area contributed by atoms with Gasteiger partial charge < -0.3 is 10.1 Å². The molecule has 0 aromatic carbocycles. The molecule has 1 saturated heterocycles. The first-order valence-electron chi connectivity index (χ1n) is 6.66. The summed E-state index contributed by atoms with van der Waals surface area (Å²) in [6.45, 7) is 1.73. The van der Waals surface area contributed by atoms with E-state index < -0.39 is 0 Å². The first-order valence-corrected chi connectivity index (χ1v) is 7.61. The van der Waals surface area contributed by atoms with Crippen molar-refractivity contribution in [1.82, 2.24) is 10.3 Å². The minimum atomic E-state index is -0.00345. The van der Waals surface area contributed by atoms with Gasteiger partial charge in [0.1, 0.15) is 0 Å². The number of rotatable bonds is 4. The monoisotopic (exact) mass is 288 g/mol. The van der Waals surface area contributed by atoms with Crippen molar-refractivity contribution in [2.45, 2.75) is 13.0 Å². The van der Waals surface area contributed by atoms with Gasteiger partial charge in [0, 0.05) is 30.3 Å². The molecule has 0 bridgehead atoms. The fourth-order valence-corrected chi connectivity index (χ4v) is 2.95. The minimum absolute atomic E-state index is 0.00345. The minimum Gasteiger partial charge on any atom is -0.381 e. The van der Waals surface area contributed by atoms with E-state index in [1.54, 1.807) is 17.5 Å². The SMILES string of the molecule is O=C(NCc1cccnc1-c1ccsc1)[C@H]1CCOC1. The summed E-state index contributed by atoms with van der Waals surface area (Å²) in [5, 5.41) is 7.09. The van der Waals surface area contributed by atoms with Gasteiger partial charge >= 0.3 is 0 Å². The summed E-state index contributed by atoms with van der Waals surface area (Å²) in [6, 6.07) is 5.95. The molecule has 1 atom stereocenters. The van der Waals surface area contributed by atoms with Crippen molar-refractivity contribution in [2.24, 2.45) is 5.92 Å². The zero-order chi connectivity index (χ0) is 13.8. The Kier molecular flexibility index (Phi) is 4.08. The molecule has 1 aliphatic heterocycles. The van der Waals surface area contributed by atoms with Gasteiger partial charge in [0.05, 0.1) is 18.2 Å². The molecule has 5 heteroatoms. The van der Waals surface area contributed by atoms with Crippen LogP contribution in [0.4, 0.5) is 0 Å². The van der Waals surface area contributed by atoms with Crippen molar-refractivity contribution in [3.8, 4) is 11.3 Å². The molecule has 1 aliphatic rings. The van der Waals surface area contributed by atoms with Crippen molar-refractivity contribution in [3.05, 3.63) is 40.7 Å². The van der Waals surface area contributed by atoms with E-state index in [1.165, 1.54) is 0 Å². The Balaban J connectivity index is 1.70. The standard InChI is InChI=1S/C15H16N2O2S/c18-15(12-3-6-19-9-12)17-8-11-2-1-5-16-14(11)13-4-7-20-10-13/h1-2,4-5,7,10,12H,3,6,8-9H2,(H,17,18)/t12-/m0/s1. The van der Waals surface area contributed by atoms with Crippen LogP contribution in [0, 0.1) is 5.92 Å². The highest BCUT2D eigenvalue weighted by Crippen LogP contribution is 2.23. The molecule has 104 valence electrons. The normalized spacial score (nSPS) is 18.1. The van der Waals surface area contributed by atoms with Gasteiger partial charge in [-0.15, -0.1) is 0 Å². The van der Waals surface area contributed by atoms with E-state index in [9.17, 15) is 4.79 Å². The fraction of sp³-hybridized carbons (Fsp3) is 0.333. The van der Waals surface area contributed by atoms with Crippen LogP contribution in [0.3, 0.4) is 0 Å². The lowest BCUT2D eigenvalue weighted by Gasteiger charge is -2.11. The van der Waals surface area contributed by atoms with Crippen molar-refractivity contribution >= 4 is 17.2 Å². The van der Waals surface area contributed by atoms with Gasteiger partial charge in [0.25, 0.3) is 0 Å². The van der Waals surface area contributed by atoms with Crippen molar-refractivity contribution < 1.29 is 9.53 Å². The topological polar surface area (TPSA) is 51.2 Å².